The number of thiophene rings is 1. The molecular formula is C21H19N3O6S2. The molecule has 1 aromatic heterocycles. The Bertz CT molecular complexity index is 1240. The number of benzene rings is 2. The van der Waals surface area contributed by atoms with E-state index in [0.29, 0.717) is 0 Å². The predicted molar refractivity (Wildman–Crippen MR) is 119 cm³/mol. The van der Waals surface area contributed by atoms with Gasteiger partial charge in [-0.05, 0) is 35.2 Å². The van der Waals surface area contributed by atoms with Gasteiger partial charge >= 0.3 is 5.97 Å². The molecule has 0 saturated carbocycles. The molecule has 1 heterocycles. The molecule has 0 aliphatic rings. The number of hydrogen-bond donors (Lipinski definition) is 3. The molecule has 2 aromatic carbocycles. The first kappa shape index (κ1) is 23.1. The van der Waals surface area contributed by atoms with Gasteiger partial charge < -0.3 is 15.8 Å². The molecule has 0 fully saturated rings. The molecule has 2 amide bonds. The second kappa shape index (κ2) is 10.2. The summed E-state index contributed by atoms with van der Waals surface area (Å²) in [5, 5.41) is 4.27. The van der Waals surface area contributed by atoms with Gasteiger partial charge in [0.1, 0.15) is 5.00 Å². The van der Waals surface area contributed by atoms with Crippen LogP contribution in [0.1, 0.15) is 26.3 Å². The van der Waals surface area contributed by atoms with E-state index in [2.05, 4.69) is 10.0 Å². The van der Waals surface area contributed by atoms with Crippen molar-refractivity contribution in [2.75, 3.05) is 11.9 Å². The van der Waals surface area contributed by atoms with E-state index in [-0.39, 0.29) is 27.6 Å². The number of nitrogens with two attached hydrogens (primary N) is 1. The minimum absolute atomic E-state index is 0.0330. The normalized spacial score (nSPS) is 11.0. The number of carbonyl (C=O) groups excluding carboxylic acids is 3. The van der Waals surface area contributed by atoms with Gasteiger partial charge in [0.2, 0.25) is 10.0 Å². The molecule has 0 unspecified atom stereocenters. The largest absolute Gasteiger partial charge is 0.452 e. The zero-order valence-electron chi connectivity index (χ0n) is 16.6. The van der Waals surface area contributed by atoms with Crippen LogP contribution in [0.4, 0.5) is 5.00 Å². The summed E-state index contributed by atoms with van der Waals surface area (Å²) in [5.41, 5.74) is 6.11. The number of carbonyl (C=O) groups is 3. The molecule has 4 N–H and O–H groups in total. The molecule has 32 heavy (non-hydrogen) atoms. The van der Waals surface area contributed by atoms with Crippen LogP contribution in [-0.4, -0.2) is 32.8 Å². The summed E-state index contributed by atoms with van der Waals surface area (Å²) in [4.78, 5) is 35.5. The fourth-order valence-electron chi connectivity index (χ4n) is 2.63. The van der Waals surface area contributed by atoms with Gasteiger partial charge in [-0.2, -0.15) is 0 Å². The van der Waals surface area contributed by atoms with Crippen molar-refractivity contribution in [3.63, 3.8) is 0 Å². The first-order chi connectivity index (χ1) is 15.3. The van der Waals surface area contributed by atoms with Crippen molar-refractivity contribution in [2.45, 2.75) is 11.4 Å². The lowest BCUT2D eigenvalue weighted by Crippen LogP contribution is -2.24. The molecule has 166 valence electrons. The Labute approximate surface area is 188 Å². The molecular weight excluding hydrogens is 454 g/mol. The minimum Gasteiger partial charge on any atom is -0.452 e. The van der Waals surface area contributed by atoms with Gasteiger partial charge in [-0.15, -0.1) is 11.3 Å². The molecule has 0 saturated heterocycles. The lowest BCUT2D eigenvalue weighted by molar-refractivity contribution is -0.119. The average molecular weight is 474 g/mol. The van der Waals surface area contributed by atoms with Crippen LogP contribution in [0.2, 0.25) is 0 Å². The fourth-order valence-corrected chi connectivity index (χ4v) is 4.50. The Hall–Kier alpha value is -3.54. The Morgan fingerprint density at radius 1 is 1.00 bits per heavy atom. The second-order valence-electron chi connectivity index (χ2n) is 6.49. The van der Waals surface area contributed by atoms with Gasteiger partial charge in [-0.3, -0.25) is 9.59 Å². The molecule has 0 spiro atoms. The predicted octanol–water partition coefficient (Wildman–Crippen LogP) is 2.12. The van der Waals surface area contributed by atoms with Crippen LogP contribution < -0.4 is 15.8 Å². The van der Waals surface area contributed by atoms with Crippen molar-refractivity contribution in [2.24, 2.45) is 5.73 Å². The highest BCUT2D eigenvalue weighted by atomic mass is 32.2. The van der Waals surface area contributed by atoms with Gasteiger partial charge in [0.25, 0.3) is 11.8 Å². The van der Waals surface area contributed by atoms with Gasteiger partial charge in [0.05, 0.1) is 16.0 Å². The summed E-state index contributed by atoms with van der Waals surface area (Å²) in [6, 6.07) is 15.7. The summed E-state index contributed by atoms with van der Waals surface area (Å²) in [6.45, 7) is -0.536. The third-order valence-electron chi connectivity index (χ3n) is 4.21. The number of rotatable bonds is 9. The van der Waals surface area contributed by atoms with Gasteiger partial charge in [-0.25, -0.2) is 17.9 Å². The van der Waals surface area contributed by atoms with Crippen LogP contribution in [-0.2, 0) is 26.1 Å². The number of nitrogens with one attached hydrogen (secondary N) is 2. The number of primary amides is 1. The maximum absolute atomic E-state index is 12.5. The maximum atomic E-state index is 12.5. The molecule has 0 aliphatic heterocycles. The van der Waals surface area contributed by atoms with Crippen LogP contribution in [0, 0.1) is 0 Å². The number of amides is 2. The average Bonchev–Trinajstić information content (AvgIpc) is 3.25. The SMILES string of the molecule is NC(=O)c1ccsc1NC(=O)COC(=O)c1cccc(S(=O)(=O)NCc2ccccc2)c1. The third kappa shape index (κ3) is 6.00. The number of anilines is 1. The van der Waals surface area contributed by atoms with Crippen LogP contribution in [0.15, 0.2) is 70.9 Å². The summed E-state index contributed by atoms with van der Waals surface area (Å²) < 4.78 is 32.5. The Morgan fingerprint density at radius 3 is 2.47 bits per heavy atom. The lowest BCUT2D eigenvalue weighted by Gasteiger charge is -2.09. The van der Waals surface area contributed by atoms with Crippen molar-refractivity contribution >= 4 is 44.1 Å². The summed E-state index contributed by atoms with van der Waals surface area (Å²) in [6.07, 6.45) is 0. The monoisotopic (exact) mass is 473 g/mol. The van der Waals surface area contributed by atoms with E-state index in [4.69, 9.17) is 10.5 Å². The maximum Gasteiger partial charge on any atom is 0.338 e. The molecule has 3 aromatic rings. The van der Waals surface area contributed by atoms with Crippen molar-refractivity contribution in [1.82, 2.24) is 4.72 Å². The smallest absolute Gasteiger partial charge is 0.338 e. The molecule has 0 bridgehead atoms. The molecule has 3 rings (SSSR count). The van der Waals surface area contributed by atoms with E-state index in [0.717, 1.165) is 23.0 Å². The first-order valence-corrected chi connectivity index (χ1v) is 11.6. The number of hydrogen-bond acceptors (Lipinski definition) is 7. The van der Waals surface area contributed by atoms with E-state index in [1.54, 1.807) is 29.6 Å². The van der Waals surface area contributed by atoms with Crippen LogP contribution in [0.3, 0.4) is 0 Å². The standard InChI is InChI=1S/C21H19N3O6S2/c22-19(26)17-9-10-31-20(17)24-18(25)13-30-21(27)15-7-4-8-16(11-15)32(28,29)23-12-14-5-2-1-3-6-14/h1-11,23H,12-13H2,(H2,22,26)(H,24,25). The van der Waals surface area contributed by atoms with Crippen molar-refractivity contribution in [1.29, 1.82) is 0 Å². The third-order valence-corrected chi connectivity index (χ3v) is 6.44. The number of ether oxygens (including phenoxy) is 1. The molecule has 0 atom stereocenters. The highest BCUT2D eigenvalue weighted by Crippen LogP contribution is 2.22. The van der Waals surface area contributed by atoms with Crippen molar-refractivity contribution < 1.29 is 27.5 Å². The molecule has 11 heteroatoms. The van der Waals surface area contributed by atoms with Gasteiger partial charge in [0, 0.05) is 6.54 Å². The van der Waals surface area contributed by atoms with Crippen molar-refractivity contribution in [3.05, 3.63) is 82.7 Å². The first-order valence-electron chi connectivity index (χ1n) is 9.24. The highest BCUT2D eigenvalue weighted by Gasteiger charge is 2.18. The zero-order valence-corrected chi connectivity index (χ0v) is 18.2. The topological polar surface area (TPSA) is 145 Å². The number of sulfonamides is 1. The fraction of sp³-hybridized carbons (Fsp3) is 0.0952. The quantitative estimate of drug-likeness (QED) is 0.406. The van der Waals surface area contributed by atoms with E-state index in [1.807, 2.05) is 6.07 Å². The Kier molecular flexibility index (Phi) is 7.36. The summed E-state index contributed by atoms with van der Waals surface area (Å²) in [7, 11) is -3.87. The van der Waals surface area contributed by atoms with E-state index in [1.165, 1.54) is 24.3 Å². The van der Waals surface area contributed by atoms with E-state index < -0.39 is 34.4 Å². The molecule has 0 aliphatic carbocycles. The number of esters is 1. The van der Waals surface area contributed by atoms with Gasteiger partial charge in [0.15, 0.2) is 6.61 Å². The van der Waals surface area contributed by atoms with E-state index in [9.17, 15) is 22.8 Å². The molecule has 9 nitrogen and oxygen atoms in total. The Morgan fingerprint density at radius 2 is 1.75 bits per heavy atom. The lowest BCUT2D eigenvalue weighted by atomic mass is 10.2. The van der Waals surface area contributed by atoms with Crippen LogP contribution in [0.25, 0.3) is 0 Å². The Balaban J connectivity index is 1.60. The zero-order chi connectivity index (χ0) is 23.1. The van der Waals surface area contributed by atoms with Gasteiger partial charge in [-0.1, -0.05) is 36.4 Å². The second-order valence-corrected chi connectivity index (χ2v) is 9.17. The van der Waals surface area contributed by atoms with Crippen LogP contribution in [0.5, 0.6) is 0 Å². The molecule has 0 radical (unpaired) electrons. The summed E-state index contributed by atoms with van der Waals surface area (Å²) >= 11 is 1.10. The van der Waals surface area contributed by atoms with Crippen molar-refractivity contribution in [3.8, 4) is 0 Å². The van der Waals surface area contributed by atoms with Crippen LogP contribution >= 0.6 is 11.3 Å². The highest BCUT2D eigenvalue weighted by molar-refractivity contribution is 7.89. The minimum atomic E-state index is -3.87. The van der Waals surface area contributed by atoms with E-state index >= 15 is 0 Å². The summed E-state index contributed by atoms with van der Waals surface area (Å²) in [5.74, 6) is -2.24.